The fourth-order valence-electron chi connectivity index (χ4n) is 5.50. The Morgan fingerprint density at radius 2 is 1.81 bits per heavy atom. The van der Waals surface area contributed by atoms with Crippen molar-refractivity contribution in [3.05, 3.63) is 153 Å². The number of aromatic nitrogens is 1. The van der Waals surface area contributed by atoms with E-state index in [1.165, 1.54) is 11.3 Å². The highest BCUT2D eigenvalue weighted by atomic mass is 79.9. The maximum absolute atomic E-state index is 14.1. The Morgan fingerprint density at radius 3 is 2.51 bits per heavy atom. The Morgan fingerprint density at radius 1 is 1.04 bits per heavy atom. The number of nitrogens with zero attached hydrogens (tertiary/aromatic N) is 2. The lowest BCUT2D eigenvalue weighted by Crippen LogP contribution is -2.40. The molecule has 238 valence electrons. The van der Waals surface area contributed by atoms with Crippen LogP contribution >= 0.6 is 38.9 Å². The maximum atomic E-state index is 14.1. The predicted molar refractivity (Wildman–Crippen MR) is 191 cm³/mol. The molecule has 1 aliphatic heterocycles. The summed E-state index contributed by atoms with van der Waals surface area (Å²) < 4.78 is 14.2. The van der Waals surface area contributed by atoms with Crippen molar-refractivity contribution in [2.75, 3.05) is 12.4 Å². The standard InChI is InChI=1S/C37H31BrClN3O4S/c1-21-9-15-30(22(2)17-21)41-35(43)33-23(3)40-37-42(34(33)25-11-13-27(45-4)14-12-25)36(44)32(47-37)19-24-10-16-31(28(38)18-24)46-20-26-7-5-6-8-29(26)39/h5-19,34H,20H2,1-4H3,(H,41,43)/b32-19+/t34-/m0/s1. The van der Waals surface area contributed by atoms with Gasteiger partial charge in [-0.05, 0) is 95.9 Å². The highest BCUT2D eigenvalue weighted by molar-refractivity contribution is 9.10. The molecule has 47 heavy (non-hydrogen) atoms. The number of ether oxygens (including phenoxy) is 2. The van der Waals surface area contributed by atoms with Gasteiger partial charge in [0.1, 0.15) is 18.1 Å². The molecule has 10 heteroatoms. The first-order valence-electron chi connectivity index (χ1n) is 14.8. The number of rotatable bonds is 8. The number of methoxy groups -OCH3 is 1. The second-order valence-corrected chi connectivity index (χ2v) is 13.5. The summed E-state index contributed by atoms with van der Waals surface area (Å²) in [6.45, 7) is 6.09. The molecular weight excluding hydrogens is 698 g/mol. The minimum Gasteiger partial charge on any atom is -0.497 e. The summed E-state index contributed by atoms with van der Waals surface area (Å²) >= 11 is 11.2. The second-order valence-electron chi connectivity index (χ2n) is 11.2. The largest absolute Gasteiger partial charge is 0.497 e. The van der Waals surface area contributed by atoms with Crippen LogP contribution in [0.3, 0.4) is 0 Å². The third kappa shape index (κ3) is 6.83. The number of carbonyl (C=O) groups is 1. The maximum Gasteiger partial charge on any atom is 0.271 e. The molecule has 1 atom stereocenters. The molecule has 6 rings (SSSR count). The minimum atomic E-state index is -0.697. The highest BCUT2D eigenvalue weighted by Crippen LogP contribution is 2.32. The summed E-state index contributed by atoms with van der Waals surface area (Å²) in [5.74, 6) is 1.01. The van der Waals surface area contributed by atoms with E-state index in [0.29, 0.717) is 49.4 Å². The molecule has 0 saturated heterocycles. The molecule has 1 N–H and O–H groups in total. The summed E-state index contributed by atoms with van der Waals surface area (Å²) in [4.78, 5) is 33.4. The van der Waals surface area contributed by atoms with Gasteiger partial charge in [0, 0.05) is 16.3 Å². The first kappa shape index (κ1) is 32.5. The van der Waals surface area contributed by atoms with Gasteiger partial charge in [0.05, 0.1) is 33.4 Å². The first-order valence-corrected chi connectivity index (χ1v) is 16.8. The van der Waals surface area contributed by atoms with Gasteiger partial charge in [-0.15, -0.1) is 0 Å². The number of halogens is 2. The van der Waals surface area contributed by atoms with Crippen molar-refractivity contribution in [2.24, 2.45) is 4.99 Å². The predicted octanol–water partition coefficient (Wildman–Crippen LogP) is 7.49. The molecule has 1 amide bonds. The molecule has 4 aromatic carbocycles. The molecule has 1 aliphatic rings. The number of benzene rings is 4. The molecule has 0 saturated carbocycles. The van der Waals surface area contributed by atoms with Crippen molar-refractivity contribution >= 4 is 56.5 Å². The van der Waals surface area contributed by atoms with Crippen molar-refractivity contribution in [3.8, 4) is 11.5 Å². The van der Waals surface area contributed by atoms with E-state index in [2.05, 4.69) is 21.2 Å². The number of nitrogens with one attached hydrogen (secondary N) is 1. The summed E-state index contributed by atoms with van der Waals surface area (Å²) in [5, 5.41) is 3.71. The molecule has 0 unspecified atom stereocenters. The van der Waals surface area contributed by atoms with E-state index in [1.54, 1.807) is 11.7 Å². The van der Waals surface area contributed by atoms with Gasteiger partial charge in [0.15, 0.2) is 4.80 Å². The van der Waals surface area contributed by atoms with Crippen LogP contribution in [0.4, 0.5) is 5.69 Å². The van der Waals surface area contributed by atoms with E-state index in [4.69, 9.17) is 26.1 Å². The van der Waals surface area contributed by atoms with E-state index in [1.807, 2.05) is 112 Å². The van der Waals surface area contributed by atoms with Gasteiger partial charge in [0.25, 0.3) is 11.5 Å². The van der Waals surface area contributed by atoms with E-state index >= 15 is 0 Å². The number of thiazole rings is 1. The normalized spacial score (nSPS) is 14.4. The van der Waals surface area contributed by atoms with Crippen molar-refractivity contribution < 1.29 is 14.3 Å². The Hall–Kier alpha value is -4.44. The summed E-state index contributed by atoms with van der Waals surface area (Å²) in [6, 6.07) is 25.8. The molecule has 1 aromatic heterocycles. The van der Waals surface area contributed by atoms with Gasteiger partial charge in [-0.2, -0.15) is 0 Å². The molecule has 0 bridgehead atoms. The average molecular weight is 729 g/mol. The van der Waals surface area contributed by atoms with Crippen molar-refractivity contribution in [2.45, 2.75) is 33.4 Å². The highest BCUT2D eigenvalue weighted by Gasteiger charge is 2.32. The van der Waals surface area contributed by atoms with Gasteiger partial charge in [-0.3, -0.25) is 14.2 Å². The average Bonchev–Trinajstić information content (AvgIpc) is 3.35. The smallest absolute Gasteiger partial charge is 0.271 e. The first-order chi connectivity index (χ1) is 22.6. The van der Waals surface area contributed by atoms with Crippen molar-refractivity contribution in [1.82, 2.24) is 4.57 Å². The fourth-order valence-corrected chi connectivity index (χ4v) is 7.25. The van der Waals surface area contributed by atoms with Crippen LogP contribution in [0.1, 0.15) is 40.8 Å². The van der Waals surface area contributed by atoms with Crippen LogP contribution in [0.5, 0.6) is 11.5 Å². The Bertz CT molecular complexity index is 2220. The fraction of sp³-hybridized carbons (Fsp3) is 0.162. The number of aryl methyl sites for hydroxylation is 2. The number of anilines is 1. The Balaban J connectivity index is 1.37. The molecule has 5 aromatic rings. The van der Waals surface area contributed by atoms with Gasteiger partial charge < -0.3 is 14.8 Å². The minimum absolute atomic E-state index is 0.242. The van der Waals surface area contributed by atoms with Gasteiger partial charge >= 0.3 is 0 Å². The zero-order chi connectivity index (χ0) is 33.2. The molecule has 7 nitrogen and oxygen atoms in total. The van der Waals surface area contributed by atoms with Gasteiger partial charge in [-0.25, -0.2) is 4.99 Å². The Kier molecular flexibility index (Phi) is 9.50. The third-order valence-electron chi connectivity index (χ3n) is 7.92. The van der Waals surface area contributed by atoms with Crippen LogP contribution in [0.2, 0.25) is 5.02 Å². The molecular formula is C37H31BrClN3O4S. The zero-order valence-electron chi connectivity index (χ0n) is 26.1. The topological polar surface area (TPSA) is 81.9 Å². The van der Waals surface area contributed by atoms with Gasteiger partial charge in [0.2, 0.25) is 0 Å². The zero-order valence-corrected chi connectivity index (χ0v) is 29.3. The van der Waals surface area contributed by atoms with Crippen LogP contribution in [0, 0.1) is 13.8 Å². The molecule has 0 radical (unpaired) electrons. The summed E-state index contributed by atoms with van der Waals surface area (Å²) in [7, 11) is 1.60. The van der Waals surface area contributed by atoms with Crippen molar-refractivity contribution in [3.63, 3.8) is 0 Å². The molecule has 0 spiro atoms. The van der Waals surface area contributed by atoms with E-state index < -0.39 is 6.04 Å². The van der Waals surface area contributed by atoms with E-state index in [9.17, 15) is 9.59 Å². The SMILES string of the molecule is COc1ccc([C@H]2C(C(=O)Nc3ccc(C)cc3C)=C(C)N=c3s/c(=C/c4ccc(OCc5ccccc5Cl)c(Br)c4)c(=O)n32)cc1. The lowest BCUT2D eigenvalue weighted by atomic mass is 9.95. The van der Waals surface area contributed by atoms with Crippen molar-refractivity contribution in [1.29, 1.82) is 0 Å². The second kappa shape index (κ2) is 13.7. The van der Waals surface area contributed by atoms with Crippen LogP contribution < -0.4 is 29.7 Å². The number of carbonyl (C=O) groups excluding carboxylic acids is 1. The number of amides is 1. The number of hydrogen-bond acceptors (Lipinski definition) is 6. The van der Waals surface area contributed by atoms with E-state index in [0.717, 1.165) is 32.3 Å². The number of allylic oxidation sites excluding steroid dienone is 1. The van der Waals surface area contributed by atoms with Crippen LogP contribution in [-0.4, -0.2) is 17.6 Å². The molecule has 2 heterocycles. The lowest BCUT2D eigenvalue weighted by molar-refractivity contribution is -0.113. The molecule has 0 aliphatic carbocycles. The van der Waals surface area contributed by atoms with Crippen LogP contribution in [0.15, 0.2) is 110 Å². The monoisotopic (exact) mass is 727 g/mol. The van der Waals surface area contributed by atoms with Crippen LogP contribution in [0.25, 0.3) is 6.08 Å². The van der Waals surface area contributed by atoms with Gasteiger partial charge in [-0.1, -0.05) is 77.0 Å². The van der Waals surface area contributed by atoms with E-state index in [-0.39, 0.29) is 11.5 Å². The Labute approximate surface area is 289 Å². The summed E-state index contributed by atoms with van der Waals surface area (Å²) in [6.07, 6.45) is 1.83. The molecule has 0 fully saturated rings. The summed E-state index contributed by atoms with van der Waals surface area (Å²) in [5.41, 5.74) is 5.91. The van der Waals surface area contributed by atoms with Crippen LogP contribution in [-0.2, 0) is 11.4 Å². The number of hydrogen-bond donors (Lipinski definition) is 1. The lowest BCUT2D eigenvalue weighted by Gasteiger charge is -2.25. The number of fused-ring (bicyclic) bond motifs is 1. The third-order valence-corrected chi connectivity index (χ3v) is 9.89. The quantitative estimate of drug-likeness (QED) is 0.180.